The Morgan fingerprint density at radius 2 is 1.84 bits per heavy atom. The van der Waals surface area contributed by atoms with E-state index in [1.54, 1.807) is 23.6 Å². The summed E-state index contributed by atoms with van der Waals surface area (Å²) in [5, 5.41) is 16.2. The Morgan fingerprint density at radius 1 is 1.19 bits per heavy atom. The Hall–Kier alpha value is -1.58. The van der Waals surface area contributed by atoms with Crippen molar-refractivity contribution in [2.45, 2.75) is 93.4 Å². The molecule has 7 nitrogen and oxygen atoms in total. The van der Waals surface area contributed by atoms with Gasteiger partial charge in [-0.1, -0.05) is 67.0 Å². The quantitative estimate of drug-likeness (QED) is 0.401. The lowest BCUT2D eigenvalue weighted by atomic mass is 9.70. The van der Waals surface area contributed by atoms with E-state index in [2.05, 4.69) is 47.3 Å². The van der Waals surface area contributed by atoms with Crippen molar-refractivity contribution < 1.29 is 19.5 Å². The summed E-state index contributed by atoms with van der Waals surface area (Å²) in [6.45, 7) is 12.3. The van der Waals surface area contributed by atoms with E-state index in [1.165, 1.54) is 0 Å². The first-order valence-corrected chi connectivity index (χ1v) is 14.9. The van der Waals surface area contributed by atoms with Gasteiger partial charge in [0.1, 0.15) is 6.04 Å². The number of benzene rings is 1. The van der Waals surface area contributed by atoms with Gasteiger partial charge in [-0.05, 0) is 44.6 Å². The topological polar surface area (TPSA) is 98.7 Å². The van der Waals surface area contributed by atoms with E-state index in [0.29, 0.717) is 13.0 Å². The van der Waals surface area contributed by atoms with Crippen molar-refractivity contribution >= 4 is 45.4 Å². The predicted octanol–water partition coefficient (Wildman–Crippen LogP) is 3.48. The highest BCUT2D eigenvalue weighted by Gasteiger charge is 2.76. The van der Waals surface area contributed by atoms with Crippen LogP contribution in [-0.4, -0.2) is 66.8 Å². The Labute approximate surface area is 233 Å². The van der Waals surface area contributed by atoms with E-state index < -0.39 is 34.2 Å². The van der Waals surface area contributed by atoms with Gasteiger partial charge < -0.3 is 20.6 Å². The molecule has 0 saturated carbocycles. The number of aliphatic hydroxyl groups excluding tert-OH is 1. The van der Waals surface area contributed by atoms with Gasteiger partial charge in [0.15, 0.2) is 0 Å². The Kier molecular flexibility index (Phi) is 7.83. The molecule has 204 valence electrons. The molecule has 3 amide bonds. The maximum absolute atomic E-state index is 14.0. The van der Waals surface area contributed by atoms with E-state index in [1.807, 2.05) is 44.2 Å². The van der Waals surface area contributed by atoms with Gasteiger partial charge >= 0.3 is 0 Å². The van der Waals surface area contributed by atoms with Gasteiger partial charge in [-0.25, -0.2) is 0 Å². The van der Waals surface area contributed by atoms with Crippen LogP contribution in [-0.2, 0) is 20.9 Å². The van der Waals surface area contributed by atoms with Crippen LogP contribution in [0.25, 0.3) is 0 Å². The second kappa shape index (κ2) is 10.2. The zero-order valence-corrected chi connectivity index (χ0v) is 25.0. The number of amides is 3. The fourth-order valence-electron chi connectivity index (χ4n) is 6.90. The van der Waals surface area contributed by atoms with Crippen molar-refractivity contribution in [2.75, 3.05) is 6.61 Å². The molecule has 3 aliphatic rings. The third-order valence-corrected chi connectivity index (χ3v) is 11.0. The number of carbonyl (C=O) groups is 3. The zero-order chi connectivity index (χ0) is 27.3. The van der Waals surface area contributed by atoms with Crippen molar-refractivity contribution in [3.05, 3.63) is 35.9 Å². The third kappa shape index (κ3) is 5.33. The molecule has 1 spiro atoms. The molecule has 9 heteroatoms. The maximum Gasteiger partial charge on any atom is 0.244 e. The second-order valence-electron chi connectivity index (χ2n) is 12.8. The minimum absolute atomic E-state index is 0.00459. The molecule has 3 heterocycles. The number of aliphatic hydroxyl groups is 1. The van der Waals surface area contributed by atoms with Crippen LogP contribution >= 0.6 is 27.7 Å². The van der Waals surface area contributed by atoms with Gasteiger partial charge in [-0.15, -0.1) is 11.8 Å². The Bertz CT molecular complexity index is 1050. The summed E-state index contributed by atoms with van der Waals surface area (Å²) in [7, 11) is 0. The molecule has 0 aliphatic carbocycles. The van der Waals surface area contributed by atoms with Gasteiger partial charge in [0.25, 0.3) is 0 Å². The maximum atomic E-state index is 14.0. The number of carbonyl (C=O) groups excluding carboxylic acids is 3. The number of hydrogen-bond donors (Lipinski definition) is 3. The average Bonchev–Trinajstić information content (AvgIpc) is 3.39. The van der Waals surface area contributed by atoms with E-state index in [0.717, 1.165) is 12.0 Å². The van der Waals surface area contributed by atoms with Crippen molar-refractivity contribution in [3.8, 4) is 0 Å². The van der Waals surface area contributed by atoms with Crippen LogP contribution in [0, 0.1) is 17.3 Å². The van der Waals surface area contributed by atoms with Gasteiger partial charge in [0.2, 0.25) is 17.7 Å². The van der Waals surface area contributed by atoms with Crippen LogP contribution in [0.3, 0.4) is 0 Å². The van der Waals surface area contributed by atoms with Crippen molar-refractivity contribution in [1.82, 2.24) is 15.5 Å². The molecular weight excluding hydrogens is 554 g/mol. The standard InChI is InChI=1S/C28H40BrN3O4S/c1-16(14-33)32-22(24(35)31-27(5,6)15-26(2,3)4)28-12-18(29)21(37-28)19(20(28)25(32)36)23(34)30-13-17-10-8-7-9-11-17/h7-11,16,18-22,33H,12-15H2,1-6H3,(H,30,34)(H,31,35)/t16-,18?,19-,20+,21-,22?,28?/m1/s1. The van der Waals surface area contributed by atoms with Crippen LogP contribution < -0.4 is 10.6 Å². The van der Waals surface area contributed by atoms with Crippen molar-refractivity contribution in [2.24, 2.45) is 17.3 Å². The number of hydrogen-bond acceptors (Lipinski definition) is 5. The average molecular weight is 595 g/mol. The number of halogens is 1. The van der Waals surface area contributed by atoms with Crippen LogP contribution in [0.5, 0.6) is 0 Å². The van der Waals surface area contributed by atoms with Gasteiger partial charge in [-0.2, -0.15) is 0 Å². The van der Waals surface area contributed by atoms with E-state index in [9.17, 15) is 19.5 Å². The number of thioether (sulfide) groups is 1. The molecular formula is C28H40BrN3O4S. The second-order valence-corrected chi connectivity index (χ2v) is 15.5. The highest BCUT2D eigenvalue weighted by atomic mass is 79.9. The van der Waals surface area contributed by atoms with Crippen molar-refractivity contribution in [1.29, 1.82) is 0 Å². The molecule has 3 fully saturated rings. The molecule has 3 saturated heterocycles. The Balaban J connectivity index is 1.65. The number of fused-ring (bicyclic) bond motifs is 1. The van der Waals surface area contributed by atoms with E-state index in [-0.39, 0.29) is 39.8 Å². The molecule has 1 aromatic carbocycles. The summed E-state index contributed by atoms with van der Waals surface area (Å²) in [6.07, 6.45) is 1.38. The summed E-state index contributed by atoms with van der Waals surface area (Å²) >= 11 is 5.41. The molecule has 2 bridgehead atoms. The highest BCUT2D eigenvalue weighted by Crippen LogP contribution is 2.68. The number of rotatable bonds is 8. The number of nitrogens with one attached hydrogen (secondary N) is 2. The predicted molar refractivity (Wildman–Crippen MR) is 150 cm³/mol. The smallest absolute Gasteiger partial charge is 0.244 e. The molecule has 37 heavy (non-hydrogen) atoms. The fourth-order valence-corrected chi connectivity index (χ4v) is 10.5. The number of likely N-dealkylation sites (tertiary alicyclic amines) is 1. The lowest BCUT2D eigenvalue weighted by molar-refractivity contribution is -0.142. The molecule has 0 aromatic heterocycles. The summed E-state index contributed by atoms with van der Waals surface area (Å²) in [5.74, 6) is -1.72. The zero-order valence-electron chi connectivity index (χ0n) is 22.6. The van der Waals surface area contributed by atoms with Crippen LogP contribution in [0.15, 0.2) is 30.3 Å². The largest absolute Gasteiger partial charge is 0.394 e. The molecule has 3 aliphatic heterocycles. The highest BCUT2D eigenvalue weighted by molar-refractivity contribution is 9.09. The lowest BCUT2D eigenvalue weighted by Crippen LogP contribution is -2.60. The van der Waals surface area contributed by atoms with Crippen LogP contribution in [0.1, 0.15) is 59.9 Å². The molecule has 0 radical (unpaired) electrons. The SMILES string of the molecule is C[C@H](CO)N1C(=O)[C@@H]2[C@@H](C(=O)NCc3ccccc3)[C@@H]3SC2(CC3Br)C1C(=O)NC(C)(C)CC(C)(C)C. The molecule has 1 aromatic rings. The molecule has 4 rings (SSSR count). The lowest BCUT2D eigenvalue weighted by Gasteiger charge is -2.40. The first-order chi connectivity index (χ1) is 17.2. The number of alkyl halides is 1. The molecule has 3 N–H and O–H groups in total. The van der Waals surface area contributed by atoms with Gasteiger partial charge in [0.05, 0.1) is 29.2 Å². The number of nitrogens with zero attached hydrogens (tertiary/aromatic N) is 1. The first kappa shape index (κ1) is 28.4. The molecule has 3 unspecified atom stereocenters. The first-order valence-electron chi connectivity index (χ1n) is 13.1. The molecule has 7 atom stereocenters. The summed E-state index contributed by atoms with van der Waals surface area (Å²) in [5.41, 5.74) is 0.510. The van der Waals surface area contributed by atoms with Crippen LogP contribution in [0.2, 0.25) is 0 Å². The minimum atomic E-state index is -0.756. The van der Waals surface area contributed by atoms with E-state index in [4.69, 9.17) is 0 Å². The summed E-state index contributed by atoms with van der Waals surface area (Å²) in [4.78, 5) is 43.2. The third-order valence-electron chi connectivity index (χ3n) is 7.76. The van der Waals surface area contributed by atoms with Crippen molar-refractivity contribution in [3.63, 3.8) is 0 Å². The van der Waals surface area contributed by atoms with Gasteiger partial charge in [0, 0.05) is 22.2 Å². The summed E-state index contributed by atoms with van der Waals surface area (Å²) < 4.78 is -0.726. The Morgan fingerprint density at radius 3 is 2.43 bits per heavy atom. The fraction of sp³-hybridized carbons (Fsp3) is 0.679. The van der Waals surface area contributed by atoms with Gasteiger partial charge in [-0.3, -0.25) is 14.4 Å². The minimum Gasteiger partial charge on any atom is -0.394 e. The monoisotopic (exact) mass is 593 g/mol. The van der Waals surface area contributed by atoms with E-state index >= 15 is 0 Å². The van der Waals surface area contributed by atoms with Crippen LogP contribution in [0.4, 0.5) is 0 Å². The normalized spacial score (nSPS) is 31.8. The summed E-state index contributed by atoms with van der Waals surface area (Å²) in [6, 6.07) is 8.41.